The molecule has 1 saturated heterocycles. The maximum absolute atomic E-state index is 5.57. The second kappa shape index (κ2) is 2.02. The lowest BCUT2D eigenvalue weighted by Gasteiger charge is -2.11. The van der Waals surface area contributed by atoms with Crippen molar-refractivity contribution in [2.75, 3.05) is 6.79 Å². The first-order chi connectivity index (χ1) is 4.86. The van der Waals surface area contributed by atoms with Crippen LogP contribution in [0.15, 0.2) is 23.6 Å². The molecule has 1 fully saturated rings. The van der Waals surface area contributed by atoms with Gasteiger partial charge in [-0.2, -0.15) is 0 Å². The molecule has 0 amide bonds. The summed E-state index contributed by atoms with van der Waals surface area (Å²) in [5, 5.41) is 0. The molecule has 0 spiro atoms. The van der Waals surface area contributed by atoms with E-state index in [4.69, 9.17) is 15.2 Å². The van der Waals surface area contributed by atoms with Gasteiger partial charge in [0, 0.05) is 12.1 Å². The monoisotopic (exact) mass is 139 g/mol. The lowest BCUT2D eigenvalue weighted by molar-refractivity contribution is 0.0500. The van der Waals surface area contributed by atoms with Crippen molar-refractivity contribution in [1.82, 2.24) is 0 Å². The molecule has 54 valence electrons. The minimum Gasteiger partial charge on any atom is -0.469 e. The van der Waals surface area contributed by atoms with Crippen LogP contribution >= 0.6 is 0 Å². The van der Waals surface area contributed by atoms with E-state index in [1.807, 2.05) is 12.2 Å². The molecule has 2 N–H and O–H groups in total. The van der Waals surface area contributed by atoms with Gasteiger partial charge in [0.1, 0.15) is 11.9 Å². The van der Waals surface area contributed by atoms with Crippen LogP contribution < -0.4 is 5.73 Å². The van der Waals surface area contributed by atoms with Crippen molar-refractivity contribution in [2.45, 2.75) is 12.5 Å². The van der Waals surface area contributed by atoms with E-state index in [9.17, 15) is 0 Å². The van der Waals surface area contributed by atoms with Gasteiger partial charge in [-0.25, -0.2) is 0 Å². The highest BCUT2D eigenvalue weighted by Crippen LogP contribution is 2.25. The largest absolute Gasteiger partial charge is 0.469 e. The van der Waals surface area contributed by atoms with Crippen molar-refractivity contribution in [3.8, 4) is 0 Å². The van der Waals surface area contributed by atoms with E-state index in [-0.39, 0.29) is 6.10 Å². The van der Waals surface area contributed by atoms with Gasteiger partial charge in [0.25, 0.3) is 0 Å². The van der Waals surface area contributed by atoms with Gasteiger partial charge in [-0.1, -0.05) is 0 Å². The van der Waals surface area contributed by atoms with Crippen LogP contribution in [0.25, 0.3) is 0 Å². The molecular formula is C7H9NO2. The molecule has 3 heteroatoms. The maximum atomic E-state index is 5.57. The predicted molar refractivity (Wildman–Crippen MR) is 35.8 cm³/mol. The number of fused-ring (bicyclic) bond motifs is 1. The van der Waals surface area contributed by atoms with E-state index in [1.165, 1.54) is 0 Å². The van der Waals surface area contributed by atoms with Gasteiger partial charge in [-0.05, 0) is 12.2 Å². The molecule has 1 aliphatic heterocycles. The molecule has 2 aliphatic rings. The highest BCUT2D eigenvalue weighted by atomic mass is 16.7. The Labute approximate surface area is 59.1 Å². The summed E-state index contributed by atoms with van der Waals surface area (Å²) >= 11 is 0. The standard InChI is InChI=1S/C7H9NO2/c8-5-1-2-6-7(3-5)10-4-9-6/h1-2,7H,3-4,8H2. The van der Waals surface area contributed by atoms with E-state index in [0.717, 1.165) is 17.9 Å². The molecule has 0 aromatic rings. The topological polar surface area (TPSA) is 44.5 Å². The lowest BCUT2D eigenvalue weighted by Crippen LogP contribution is -2.15. The Morgan fingerprint density at radius 2 is 2.40 bits per heavy atom. The van der Waals surface area contributed by atoms with Crippen LogP contribution in [0.3, 0.4) is 0 Å². The molecule has 1 atom stereocenters. The first-order valence-corrected chi connectivity index (χ1v) is 3.27. The van der Waals surface area contributed by atoms with Gasteiger partial charge in [0.05, 0.1) is 0 Å². The highest BCUT2D eigenvalue weighted by molar-refractivity contribution is 5.23. The molecule has 2 rings (SSSR count). The Bertz CT molecular complexity index is 208. The zero-order valence-corrected chi connectivity index (χ0v) is 5.54. The van der Waals surface area contributed by atoms with Crippen molar-refractivity contribution >= 4 is 0 Å². The number of ether oxygens (including phenoxy) is 2. The summed E-state index contributed by atoms with van der Waals surface area (Å²) in [6.07, 6.45) is 4.59. The SMILES string of the molecule is NC1=CC=C2OCOC2C1. The summed E-state index contributed by atoms with van der Waals surface area (Å²) in [5.74, 6) is 0.911. The summed E-state index contributed by atoms with van der Waals surface area (Å²) in [4.78, 5) is 0. The molecule has 1 aliphatic carbocycles. The predicted octanol–water partition coefficient (Wildman–Crippen LogP) is 0.490. The Balaban J connectivity index is 2.22. The van der Waals surface area contributed by atoms with E-state index in [1.54, 1.807) is 0 Å². The van der Waals surface area contributed by atoms with Crippen LogP contribution in [0.5, 0.6) is 0 Å². The first kappa shape index (κ1) is 5.80. The molecule has 0 aromatic heterocycles. The zero-order chi connectivity index (χ0) is 6.97. The van der Waals surface area contributed by atoms with Gasteiger partial charge in [0.15, 0.2) is 6.79 Å². The number of rotatable bonds is 0. The fraction of sp³-hybridized carbons (Fsp3) is 0.429. The second-order valence-corrected chi connectivity index (χ2v) is 2.43. The molecule has 1 unspecified atom stereocenters. The lowest BCUT2D eigenvalue weighted by atomic mass is 10.1. The van der Waals surface area contributed by atoms with Crippen molar-refractivity contribution in [1.29, 1.82) is 0 Å². The second-order valence-electron chi connectivity index (χ2n) is 2.43. The van der Waals surface area contributed by atoms with Crippen LogP contribution in [0, 0.1) is 0 Å². The van der Waals surface area contributed by atoms with Crippen molar-refractivity contribution < 1.29 is 9.47 Å². The summed E-state index contributed by atoms with van der Waals surface area (Å²) in [6.45, 7) is 0.373. The van der Waals surface area contributed by atoms with Crippen LogP contribution in [-0.4, -0.2) is 12.9 Å². The Kier molecular flexibility index (Phi) is 1.17. The Morgan fingerprint density at radius 1 is 1.50 bits per heavy atom. The highest BCUT2D eigenvalue weighted by Gasteiger charge is 2.25. The molecule has 1 heterocycles. The third-order valence-corrected chi connectivity index (χ3v) is 1.69. The van der Waals surface area contributed by atoms with Crippen molar-refractivity contribution in [3.05, 3.63) is 23.6 Å². The number of hydrogen-bond donors (Lipinski definition) is 1. The van der Waals surface area contributed by atoms with E-state index >= 15 is 0 Å². The summed E-state index contributed by atoms with van der Waals surface area (Å²) in [7, 11) is 0. The smallest absolute Gasteiger partial charge is 0.189 e. The third-order valence-electron chi connectivity index (χ3n) is 1.69. The Hall–Kier alpha value is -0.960. The Morgan fingerprint density at radius 3 is 3.30 bits per heavy atom. The molecule has 0 radical (unpaired) electrons. The molecular weight excluding hydrogens is 130 g/mol. The maximum Gasteiger partial charge on any atom is 0.189 e. The van der Waals surface area contributed by atoms with Gasteiger partial charge in [-0.15, -0.1) is 0 Å². The zero-order valence-electron chi connectivity index (χ0n) is 5.54. The van der Waals surface area contributed by atoms with E-state index in [0.29, 0.717) is 6.79 Å². The molecule has 0 saturated carbocycles. The molecule has 3 nitrogen and oxygen atoms in total. The van der Waals surface area contributed by atoms with Gasteiger partial charge in [-0.3, -0.25) is 0 Å². The summed E-state index contributed by atoms with van der Waals surface area (Å²) in [5.41, 5.74) is 6.43. The molecule has 10 heavy (non-hydrogen) atoms. The van der Waals surface area contributed by atoms with E-state index in [2.05, 4.69) is 0 Å². The van der Waals surface area contributed by atoms with Crippen LogP contribution in [-0.2, 0) is 9.47 Å². The normalized spacial score (nSPS) is 30.2. The summed E-state index contributed by atoms with van der Waals surface area (Å²) < 4.78 is 10.4. The average Bonchev–Trinajstić information content (AvgIpc) is 2.33. The van der Waals surface area contributed by atoms with E-state index < -0.39 is 0 Å². The summed E-state index contributed by atoms with van der Waals surface area (Å²) in [6, 6.07) is 0. The average molecular weight is 139 g/mol. The van der Waals surface area contributed by atoms with Gasteiger partial charge >= 0.3 is 0 Å². The van der Waals surface area contributed by atoms with Gasteiger partial charge in [0.2, 0.25) is 0 Å². The number of nitrogens with two attached hydrogens (primary N) is 1. The van der Waals surface area contributed by atoms with Crippen molar-refractivity contribution in [2.24, 2.45) is 5.73 Å². The van der Waals surface area contributed by atoms with Crippen LogP contribution in [0.4, 0.5) is 0 Å². The third kappa shape index (κ3) is 0.789. The fourth-order valence-corrected chi connectivity index (χ4v) is 1.15. The van der Waals surface area contributed by atoms with Crippen LogP contribution in [0.2, 0.25) is 0 Å². The number of hydrogen-bond acceptors (Lipinski definition) is 3. The van der Waals surface area contributed by atoms with Crippen molar-refractivity contribution in [3.63, 3.8) is 0 Å². The quantitative estimate of drug-likeness (QED) is 0.531. The number of allylic oxidation sites excluding steroid dienone is 2. The fourth-order valence-electron chi connectivity index (χ4n) is 1.15. The minimum atomic E-state index is 0.0880. The molecule has 0 aromatic carbocycles. The van der Waals surface area contributed by atoms with Crippen LogP contribution in [0.1, 0.15) is 6.42 Å². The first-order valence-electron chi connectivity index (χ1n) is 3.27. The molecule has 0 bridgehead atoms. The van der Waals surface area contributed by atoms with Gasteiger partial charge < -0.3 is 15.2 Å². The minimum absolute atomic E-state index is 0.0880.